The van der Waals surface area contributed by atoms with Crippen molar-refractivity contribution >= 4 is 0 Å². The number of hydrogen-bond donors (Lipinski definition) is 1. The normalized spacial score (nSPS) is 22.0. The molecule has 1 unspecified atom stereocenters. The van der Waals surface area contributed by atoms with Crippen molar-refractivity contribution in [3.05, 3.63) is 46.5 Å². The predicted octanol–water partition coefficient (Wildman–Crippen LogP) is 2.18. The highest BCUT2D eigenvalue weighted by Crippen LogP contribution is 2.25. The van der Waals surface area contributed by atoms with E-state index in [1.54, 1.807) is 11.1 Å². The van der Waals surface area contributed by atoms with Gasteiger partial charge in [-0.25, -0.2) is 4.98 Å². The highest BCUT2D eigenvalue weighted by Gasteiger charge is 2.25. The molecule has 1 aromatic heterocycles. The standard InChI is InChI=1S/C17H22N4O/c1-12-18-17(20-19-12)16-11-21(7-8-22-16)10-13-5-6-14-3-2-4-15(14)9-13/h5-6,9,16H,2-4,7-8,10-11H2,1H3,(H,18,19,20). The third kappa shape index (κ3) is 2.78. The zero-order valence-corrected chi connectivity index (χ0v) is 13.0. The van der Waals surface area contributed by atoms with Gasteiger partial charge in [-0.05, 0) is 42.9 Å². The van der Waals surface area contributed by atoms with E-state index < -0.39 is 0 Å². The topological polar surface area (TPSA) is 54.0 Å². The molecule has 2 aromatic rings. The molecule has 0 amide bonds. The van der Waals surface area contributed by atoms with E-state index in [4.69, 9.17) is 4.74 Å². The molecular weight excluding hydrogens is 276 g/mol. The molecule has 5 nitrogen and oxygen atoms in total. The SMILES string of the molecule is Cc1nc(C2CN(Cc3ccc4c(c3)CCC4)CCO2)n[nH]1. The number of benzene rings is 1. The first-order valence-electron chi connectivity index (χ1n) is 8.11. The van der Waals surface area contributed by atoms with Crippen LogP contribution in [0.1, 0.15) is 40.9 Å². The van der Waals surface area contributed by atoms with Gasteiger partial charge < -0.3 is 4.74 Å². The Morgan fingerprint density at radius 3 is 3.09 bits per heavy atom. The van der Waals surface area contributed by atoms with Crippen LogP contribution >= 0.6 is 0 Å². The number of H-pyrrole nitrogens is 1. The molecule has 1 atom stereocenters. The van der Waals surface area contributed by atoms with Crippen molar-refractivity contribution in [2.24, 2.45) is 0 Å². The van der Waals surface area contributed by atoms with Crippen LogP contribution in [0.25, 0.3) is 0 Å². The third-order valence-electron chi connectivity index (χ3n) is 4.62. The number of aromatic nitrogens is 3. The number of morpholine rings is 1. The molecular formula is C17H22N4O. The second-order valence-electron chi connectivity index (χ2n) is 6.33. The van der Waals surface area contributed by atoms with Crippen LogP contribution in [-0.4, -0.2) is 39.8 Å². The maximum Gasteiger partial charge on any atom is 0.180 e. The first-order chi connectivity index (χ1) is 10.8. The lowest BCUT2D eigenvalue weighted by atomic mass is 10.1. The molecule has 0 saturated carbocycles. The average molecular weight is 298 g/mol. The molecule has 22 heavy (non-hydrogen) atoms. The van der Waals surface area contributed by atoms with Crippen molar-refractivity contribution in [3.8, 4) is 0 Å². The van der Waals surface area contributed by atoms with Crippen LogP contribution in [0.3, 0.4) is 0 Å². The van der Waals surface area contributed by atoms with Gasteiger partial charge in [-0.15, -0.1) is 0 Å². The first kappa shape index (κ1) is 13.9. The van der Waals surface area contributed by atoms with E-state index in [2.05, 4.69) is 38.3 Å². The van der Waals surface area contributed by atoms with Crippen molar-refractivity contribution in [3.63, 3.8) is 0 Å². The number of nitrogens with one attached hydrogen (secondary N) is 1. The minimum atomic E-state index is -0.0203. The summed E-state index contributed by atoms with van der Waals surface area (Å²) in [6.07, 6.45) is 3.78. The highest BCUT2D eigenvalue weighted by molar-refractivity contribution is 5.35. The molecule has 5 heteroatoms. The van der Waals surface area contributed by atoms with E-state index in [0.29, 0.717) is 0 Å². The van der Waals surface area contributed by atoms with Gasteiger partial charge in [0, 0.05) is 19.6 Å². The summed E-state index contributed by atoms with van der Waals surface area (Å²) in [5.74, 6) is 1.62. The number of aryl methyl sites for hydroxylation is 3. The highest BCUT2D eigenvalue weighted by atomic mass is 16.5. The minimum absolute atomic E-state index is 0.0203. The summed E-state index contributed by atoms with van der Waals surface area (Å²) < 4.78 is 5.83. The molecule has 0 radical (unpaired) electrons. The monoisotopic (exact) mass is 298 g/mol. The molecule has 1 aliphatic carbocycles. The van der Waals surface area contributed by atoms with Crippen LogP contribution in [-0.2, 0) is 24.1 Å². The van der Waals surface area contributed by atoms with Gasteiger partial charge in [0.2, 0.25) is 0 Å². The van der Waals surface area contributed by atoms with Crippen molar-refractivity contribution < 1.29 is 4.74 Å². The van der Waals surface area contributed by atoms with Crippen LogP contribution in [0.2, 0.25) is 0 Å². The summed E-state index contributed by atoms with van der Waals surface area (Å²) in [6, 6.07) is 6.99. The van der Waals surface area contributed by atoms with Crippen LogP contribution in [0.4, 0.5) is 0 Å². The second-order valence-corrected chi connectivity index (χ2v) is 6.33. The van der Waals surface area contributed by atoms with Gasteiger partial charge in [-0.1, -0.05) is 18.2 Å². The van der Waals surface area contributed by atoms with Gasteiger partial charge in [-0.3, -0.25) is 10.00 Å². The molecule has 0 bridgehead atoms. The van der Waals surface area contributed by atoms with Gasteiger partial charge in [0.25, 0.3) is 0 Å². The lowest BCUT2D eigenvalue weighted by molar-refractivity contribution is -0.0370. The fourth-order valence-corrected chi connectivity index (χ4v) is 3.49. The van der Waals surface area contributed by atoms with E-state index in [0.717, 1.165) is 37.9 Å². The number of ether oxygens (including phenoxy) is 1. The molecule has 116 valence electrons. The maximum absolute atomic E-state index is 5.83. The lowest BCUT2D eigenvalue weighted by Crippen LogP contribution is -2.38. The van der Waals surface area contributed by atoms with Crippen LogP contribution < -0.4 is 0 Å². The zero-order valence-electron chi connectivity index (χ0n) is 13.0. The van der Waals surface area contributed by atoms with Crippen LogP contribution in [0.15, 0.2) is 18.2 Å². The molecule has 2 aliphatic rings. The molecule has 1 fully saturated rings. The quantitative estimate of drug-likeness (QED) is 0.943. The van der Waals surface area contributed by atoms with Crippen LogP contribution in [0, 0.1) is 6.92 Å². The van der Waals surface area contributed by atoms with Gasteiger partial charge in [0.05, 0.1) is 6.61 Å². The van der Waals surface area contributed by atoms with E-state index >= 15 is 0 Å². The van der Waals surface area contributed by atoms with E-state index in [1.807, 2.05) is 6.92 Å². The Labute approximate surface area is 130 Å². The van der Waals surface area contributed by atoms with E-state index in [-0.39, 0.29) is 6.10 Å². The van der Waals surface area contributed by atoms with Crippen LogP contribution in [0.5, 0.6) is 0 Å². The Morgan fingerprint density at radius 1 is 1.32 bits per heavy atom. The molecule has 2 heterocycles. The Bertz CT molecular complexity index is 666. The van der Waals surface area contributed by atoms with Crippen molar-refractivity contribution in [2.75, 3.05) is 19.7 Å². The fourth-order valence-electron chi connectivity index (χ4n) is 3.49. The van der Waals surface area contributed by atoms with Gasteiger partial charge in [0.15, 0.2) is 5.82 Å². The van der Waals surface area contributed by atoms with Crippen molar-refractivity contribution in [1.82, 2.24) is 20.1 Å². The Balaban J connectivity index is 1.44. The molecule has 1 aromatic carbocycles. The summed E-state index contributed by atoms with van der Waals surface area (Å²) in [7, 11) is 0. The van der Waals surface area contributed by atoms with E-state index in [9.17, 15) is 0 Å². The number of rotatable bonds is 3. The average Bonchev–Trinajstić information content (AvgIpc) is 3.16. The fraction of sp³-hybridized carbons (Fsp3) is 0.529. The third-order valence-corrected chi connectivity index (χ3v) is 4.62. The summed E-state index contributed by atoms with van der Waals surface area (Å²) in [6.45, 7) is 5.47. The lowest BCUT2D eigenvalue weighted by Gasteiger charge is -2.31. The second kappa shape index (κ2) is 5.82. The largest absolute Gasteiger partial charge is 0.367 e. The Kier molecular flexibility index (Phi) is 3.68. The number of nitrogens with zero attached hydrogens (tertiary/aromatic N) is 3. The van der Waals surface area contributed by atoms with Gasteiger partial charge in [-0.2, -0.15) is 5.10 Å². The smallest absolute Gasteiger partial charge is 0.180 e. The number of fused-ring (bicyclic) bond motifs is 1. The van der Waals surface area contributed by atoms with E-state index in [1.165, 1.54) is 24.8 Å². The minimum Gasteiger partial charge on any atom is -0.367 e. The summed E-state index contributed by atoms with van der Waals surface area (Å²) in [5, 5.41) is 7.14. The summed E-state index contributed by atoms with van der Waals surface area (Å²) in [5.41, 5.74) is 4.50. The first-order valence-corrected chi connectivity index (χ1v) is 8.11. The molecule has 1 N–H and O–H groups in total. The van der Waals surface area contributed by atoms with Crippen molar-refractivity contribution in [2.45, 2.75) is 38.8 Å². The number of hydrogen-bond acceptors (Lipinski definition) is 4. The Hall–Kier alpha value is -1.72. The molecule has 4 rings (SSSR count). The summed E-state index contributed by atoms with van der Waals surface area (Å²) in [4.78, 5) is 6.85. The summed E-state index contributed by atoms with van der Waals surface area (Å²) >= 11 is 0. The Morgan fingerprint density at radius 2 is 2.23 bits per heavy atom. The zero-order chi connectivity index (χ0) is 14.9. The number of aromatic amines is 1. The molecule has 0 spiro atoms. The molecule has 1 aliphatic heterocycles. The van der Waals surface area contributed by atoms with Gasteiger partial charge >= 0.3 is 0 Å². The van der Waals surface area contributed by atoms with Crippen molar-refractivity contribution in [1.29, 1.82) is 0 Å². The maximum atomic E-state index is 5.83. The molecule has 1 saturated heterocycles. The van der Waals surface area contributed by atoms with Gasteiger partial charge in [0.1, 0.15) is 11.9 Å². The predicted molar refractivity (Wildman–Crippen MR) is 83.6 cm³/mol.